The van der Waals surface area contributed by atoms with Gasteiger partial charge in [0.1, 0.15) is 18.2 Å². The Hall–Kier alpha value is -1.46. The van der Waals surface area contributed by atoms with E-state index in [-0.39, 0.29) is 12.4 Å². The van der Waals surface area contributed by atoms with Crippen LogP contribution in [0, 0.1) is 5.82 Å². The van der Waals surface area contributed by atoms with Gasteiger partial charge >= 0.3 is 0 Å². The van der Waals surface area contributed by atoms with Crippen LogP contribution in [-0.2, 0) is 13.2 Å². The molecule has 3 nitrogen and oxygen atoms in total. The molecule has 0 unspecified atom stereocenters. The first-order valence-corrected chi connectivity index (χ1v) is 7.58. The number of nitrogens with one attached hydrogen (secondary N) is 1. The van der Waals surface area contributed by atoms with Crippen LogP contribution in [0.25, 0.3) is 0 Å². The van der Waals surface area contributed by atoms with Gasteiger partial charge in [-0.25, -0.2) is 4.39 Å². The molecule has 0 amide bonds. The highest BCUT2D eigenvalue weighted by Crippen LogP contribution is 2.30. The Morgan fingerprint density at radius 2 is 2.14 bits per heavy atom. The van der Waals surface area contributed by atoms with Gasteiger partial charge in [-0.1, -0.05) is 26.0 Å². The van der Waals surface area contributed by atoms with Crippen LogP contribution in [-0.4, -0.2) is 11.0 Å². The zero-order valence-electron chi connectivity index (χ0n) is 12.1. The largest absolute Gasteiger partial charge is 0.487 e. The molecule has 0 radical (unpaired) electrons. The predicted molar refractivity (Wildman–Crippen MR) is 84.6 cm³/mol. The third-order valence-electron chi connectivity index (χ3n) is 2.89. The smallest absolute Gasteiger partial charge is 0.141 e. The molecule has 0 aliphatic carbocycles. The van der Waals surface area contributed by atoms with Crippen LogP contribution in [0.3, 0.4) is 0 Å². The number of nitrogens with zero attached hydrogens (tertiary/aromatic N) is 1. The van der Waals surface area contributed by atoms with E-state index in [1.54, 1.807) is 6.20 Å². The lowest BCUT2D eigenvalue weighted by molar-refractivity contribution is 0.298. The molecular formula is C16H18BrFN2O. The van der Waals surface area contributed by atoms with Crippen molar-refractivity contribution in [3.63, 3.8) is 0 Å². The lowest BCUT2D eigenvalue weighted by Crippen LogP contribution is -2.22. The van der Waals surface area contributed by atoms with Gasteiger partial charge in [-0.3, -0.25) is 4.98 Å². The van der Waals surface area contributed by atoms with Gasteiger partial charge < -0.3 is 10.1 Å². The maximum absolute atomic E-state index is 13.1. The molecule has 1 heterocycles. The van der Waals surface area contributed by atoms with Crippen LogP contribution in [0.5, 0.6) is 5.75 Å². The molecule has 1 aromatic carbocycles. The number of rotatable bonds is 6. The Kier molecular flexibility index (Phi) is 5.70. The van der Waals surface area contributed by atoms with Gasteiger partial charge in [-0.2, -0.15) is 0 Å². The van der Waals surface area contributed by atoms with Gasteiger partial charge in [0.2, 0.25) is 0 Å². The predicted octanol–water partition coefficient (Wildman–Crippen LogP) is 4.06. The molecule has 0 aliphatic rings. The number of pyridine rings is 1. The summed E-state index contributed by atoms with van der Waals surface area (Å²) in [7, 11) is 0. The highest BCUT2D eigenvalue weighted by molar-refractivity contribution is 9.10. The van der Waals surface area contributed by atoms with E-state index in [1.165, 1.54) is 12.3 Å². The minimum Gasteiger partial charge on any atom is -0.487 e. The van der Waals surface area contributed by atoms with Crippen LogP contribution < -0.4 is 10.1 Å². The minimum absolute atomic E-state index is 0.280. The minimum atomic E-state index is -0.357. The normalized spacial score (nSPS) is 10.9. The lowest BCUT2D eigenvalue weighted by atomic mass is 10.2. The highest BCUT2D eigenvalue weighted by atomic mass is 79.9. The summed E-state index contributed by atoms with van der Waals surface area (Å²) in [5, 5.41) is 3.36. The van der Waals surface area contributed by atoms with Crippen molar-refractivity contribution in [2.75, 3.05) is 0 Å². The van der Waals surface area contributed by atoms with Gasteiger partial charge in [-0.15, -0.1) is 0 Å². The molecule has 21 heavy (non-hydrogen) atoms. The molecule has 0 saturated carbocycles. The third kappa shape index (κ3) is 4.79. The van der Waals surface area contributed by atoms with E-state index in [0.29, 0.717) is 18.2 Å². The van der Waals surface area contributed by atoms with Crippen LogP contribution >= 0.6 is 15.9 Å². The molecule has 2 rings (SSSR count). The number of aromatic nitrogens is 1. The second kappa shape index (κ2) is 7.52. The van der Waals surface area contributed by atoms with Crippen molar-refractivity contribution in [3.8, 4) is 5.75 Å². The molecule has 1 N–H and O–H groups in total. The van der Waals surface area contributed by atoms with Crippen LogP contribution in [0.4, 0.5) is 4.39 Å². The molecule has 5 heteroatoms. The van der Waals surface area contributed by atoms with E-state index in [9.17, 15) is 4.39 Å². The summed E-state index contributed by atoms with van der Waals surface area (Å²) in [4.78, 5) is 3.82. The summed E-state index contributed by atoms with van der Waals surface area (Å²) in [6.45, 7) is 5.18. The Bertz CT molecular complexity index is 605. The second-order valence-electron chi connectivity index (χ2n) is 5.06. The van der Waals surface area contributed by atoms with Crippen molar-refractivity contribution in [2.45, 2.75) is 33.0 Å². The van der Waals surface area contributed by atoms with Gasteiger partial charge in [0, 0.05) is 29.9 Å². The van der Waals surface area contributed by atoms with Crippen LogP contribution in [0.15, 0.2) is 41.1 Å². The summed E-state index contributed by atoms with van der Waals surface area (Å²) in [5.41, 5.74) is 1.76. The molecule has 0 atom stereocenters. The second-order valence-corrected chi connectivity index (χ2v) is 5.92. The fourth-order valence-corrected chi connectivity index (χ4v) is 2.38. The summed E-state index contributed by atoms with van der Waals surface area (Å²) in [5.74, 6) is 0.417. The van der Waals surface area contributed by atoms with Crippen LogP contribution in [0.1, 0.15) is 25.0 Å². The zero-order valence-corrected chi connectivity index (χ0v) is 13.7. The fraction of sp³-hybridized carbons (Fsp3) is 0.312. The molecule has 1 aromatic heterocycles. The quantitative estimate of drug-likeness (QED) is 0.851. The van der Waals surface area contributed by atoms with E-state index in [2.05, 4.69) is 40.1 Å². The average molecular weight is 353 g/mol. The fourth-order valence-electron chi connectivity index (χ4n) is 1.86. The SMILES string of the molecule is CC(C)NCc1cccc(Br)c1OCc1cncc(F)c1. The maximum Gasteiger partial charge on any atom is 0.141 e. The lowest BCUT2D eigenvalue weighted by Gasteiger charge is -2.15. The maximum atomic E-state index is 13.1. The summed E-state index contributed by atoms with van der Waals surface area (Å²) < 4.78 is 19.9. The molecule has 112 valence electrons. The van der Waals surface area contributed by atoms with Gasteiger partial charge in [0.25, 0.3) is 0 Å². The summed E-state index contributed by atoms with van der Waals surface area (Å²) in [6.07, 6.45) is 2.78. The van der Waals surface area contributed by atoms with Crippen molar-refractivity contribution >= 4 is 15.9 Å². The molecule has 2 aromatic rings. The van der Waals surface area contributed by atoms with Crippen molar-refractivity contribution in [2.24, 2.45) is 0 Å². The molecule has 0 aliphatic heterocycles. The van der Waals surface area contributed by atoms with Crippen molar-refractivity contribution in [1.29, 1.82) is 0 Å². The van der Waals surface area contributed by atoms with E-state index in [0.717, 1.165) is 15.8 Å². The summed E-state index contributed by atoms with van der Waals surface area (Å²) >= 11 is 3.50. The van der Waals surface area contributed by atoms with Gasteiger partial charge in [0.15, 0.2) is 0 Å². The molecular weight excluding hydrogens is 335 g/mol. The highest BCUT2D eigenvalue weighted by Gasteiger charge is 2.09. The Labute approximate surface area is 132 Å². The zero-order chi connectivity index (χ0) is 15.2. The third-order valence-corrected chi connectivity index (χ3v) is 3.52. The standard InChI is InChI=1S/C16H18BrFN2O/c1-11(2)20-8-13-4-3-5-15(17)16(13)21-10-12-6-14(18)9-19-7-12/h3-7,9,11,20H,8,10H2,1-2H3. The molecule has 0 spiro atoms. The average Bonchev–Trinajstić information content (AvgIpc) is 2.44. The van der Waals surface area contributed by atoms with Gasteiger partial charge in [-0.05, 0) is 28.1 Å². The number of benzene rings is 1. The first kappa shape index (κ1) is 15.9. The number of halogens is 2. The molecule has 0 bridgehead atoms. The van der Waals surface area contributed by atoms with Crippen molar-refractivity contribution in [1.82, 2.24) is 10.3 Å². The van der Waals surface area contributed by atoms with E-state index in [4.69, 9.17) is 4.74 Å². The van der Waals surface area contributed by atoms with Crippen LogP contribution in [0.2, 0.25) is 0 Å². The molecule has 0 saturated heterocycles. The Balaban J connectivity index is 2.11. The number of para-hydroxylation sites is 1. The van der Waals surface area contributed by atoms with Crippen molar-refractivity contribution in [3.05, 3.63) is 58.1 Å². The van der Waals surface area contributed by atoms with E-state index >= 15 is 0 Å². The Morgan fingerprint density at radius 3 is 2.86 bits per heavy atom. The van der Waals surface area contributed by atoms with E-state index < -0.39 is 0 Å². The Morgan fingerprint density at radius 1 is 1.33 bits per heavy atom. The topological polar surface area (TPSA) is 34.1 Å². The number of ether oxygens (including phenoxy) is 1. The van der Waals surface area contributed by atoms with Crippen molar-refractivity contribution < 1.29 is 9.13 Å². The first-order valence-electron chi connectivity index (χ1n) is 6.79. The number of hydrogen-bond acceptors (Lipinski definition) is 3. The summed E-state index contributed by atoms with van der Waals surface area (Å²) in [6, 6.07) is 7.73. The monoisotopic (exact) mass is 352 g/mol. The molecule has 0 fully saturated rings. The van der Waals surface area contributed by atoms with Gasteiger partial charge in [0.05, 0.1) is 10.7 Å². The number of hydrogen-bond donors (Lipinski definition) is 1. The van der Waals surface area contributed by atoms with E-state index in [1.807, 2.05) is 18.2 Å². The first-order chi connectivity index (χ1) is 10.1.